The maximum absolute atomic E-state index is 12.6. The number of carbonyl (C=O) groups is 2. The van der Waals surface area contributed by atoms with Crippen molar-refractivity contribution in [1.29, 1.82) is 0 Å². The van der Waals surface area contributed by atoms with E-state index in [2.05, 4.69) is 9.88 Å². The van der Waals surface area contributed by atoms with Crippen LogP contribution in [0.15, 0.2) is 24.5 Å². The van der Waals surface area contributed by atoms with Crippen LogP contribution in [0.3, 0.4) is 0 Å². The second-order valence-electron chi connectivity index (χ2n) is 8.16. The Bertz CT molecular complexity index is 893. The minimum atomic E-state index is -5.08. The SMILES string of the molecule is CC(C)C(=O)N1CC[C@@H]2[C@H](CC1)N(Cc1cccnc1)CCS2(=O)=O.O=C(O)C(F)(F)F. The number of pyridine rings is 1. The predicted molar refractivity (Wildman–Crippen MR) is 110 cm³/mol. The summed E-state index contributed by atoms with van der Waals surface area (Å²) < 4.78 is 57.0. The summed E-state index contributed by atoms with van der Waals surface area (Å²) in [6, 6.07) is 3.91. The van der Waals surface area contributed by atoms with E-state index in [9.17, 15) is 26.4 Å². The quantitative estimate of drug-likeness (QED) is 0.706. The molecule has 8 nitrogen and oxygen atoms in total. The molecular weight excluding hydrogens is 451 g/mol. The highest BCUT2D eigenvalue weighted by Crippen LogP contribution is 2.29. The number of rotatable bonds is 3. The van der Waals surface area contributed by atoms with E-state index in [0.717, 1.165) is 5.56 Å². The van der Waals surface area contributed by atoms with Crippen LogP contribution in [0.4, 0.5) is 13.2 Å². The van der Waals surface area contributed by atoms with E-state index in [1.807, 2.05) is 37.1 Å². The Kier molecular flexibility index (Phi) is 8.63. The van der Waals surface area contributed by atoms with Gasteiger partial charge in [-0.05, 0) is 24.5 Å². The van der Waals surface area contributed by atoms with E-state index >= 15 is 0 Å². The molecule has 12 heteroatoms. The van der Waals surface area contributed by atoms with Gasteiger partial charge in [0.05, 0.1) is 11.0 Å². The fourth-order valence-corrected chi connectivity index (χ4v) is 6.01. The number of hydrogen-bond donors (Lipinski definition) is 1. The molecule has 2 saturated heterocycles. The van der Waals surface area contributed by atoms with Gasteiger partial charge in [-0.1, -0.05) is 19.9 Å². The number of sulfone groups is 1. The Hall–Kier alpha value is -2.21. The molecule has 32 heavy (non-hydrogen) atoms. The summed E-state index contributed by atoms with van der Waals surface area (Å²) in [5, 5.41) is 6.75. The van der Waals surface area contributed by atoms with E-state index in [1.165, 1.54) is 0 Å². The molecule has 3 heterocycles. The van der Waals surface area contributed by atoms with Crippen LogP contribution in [0.25, 0.3) is 0 Å². The number of fused-ring (bicyclic) bond motifs is 1. The number of likely N-dealkylation sites (tertiary alicyclic amines) is 1. The third-order valence-corrected chi connectivity index (χ3v) is 7.78. The first kappa shape index (κ1) is 26.0. The van der Waals surface area contributed by atoms with Crippen molar-refractivity contribution in [1.82, 2.24) is 14.8 Å². The zero-order chi connectivity index (χ0) is 24.1. The summed E-state index contributed by atoms with van der Waals surface area (Å²) in [4.78, 5) is 29.5. The topological polar surface area (TPSA) is 108 Å². The molecule has 2 aliphatic rings. The van der Waals surface area contributed by atoms with Gasteiger partial charge in [-0.15, -0.1) is 0 Å². The van der Waals surface area contributed by atoms with Crippen molar-refractivity contribution in [2.45, 2.75) is 50.7 Å². The van der Waals surface area contributed by atoms with Gasteiger partial charge in [-0.2, -0.15) is 13.2 Å². The third kappa shape index (κ3) is 6.89. The fraction of sp³-hybridized carbons (Fsp3) is 0.650. The standard InChI is InChI=1S/C18H27N3O3S.C2HF3O2/c1-14(2)18(22)20-8-5-16-17(6-9-20)25(23,24)11-10-21(16)13-15-4-3-7-19-12-15;3-2(4,5)1(6)7/h3-4,7,12,14,16-17H,5-6,8-11,13H2,1-2H3;(H,6,7)/t16-,17+;/m0./s1. The fourth-order valence-electron chi connectivity index (χ4n) is 3.97. The lowest BCUT2D eigenvalue weighted by Gasteiger charge is -2.40. The molecule has 1 aromatic heterocycles. The van der Waals surface area contributed by atoms with Crippen LogP contribution in [0.1, 0.15) is 32.3 Å². The van der Waals surface area contributed by atoms with Crippen LogP contribution >= 0.6 is 0 Å². The lowest BCUT2D eigenvalue weighted by molar-refractivity contribution is -0.192. The van der Waals surface area contributed by atoms with Crippen LogP contribution in [-0.2, 0) is 26.0 Å². The smallest absolute Gasteiger partial charge is 0.475 e. The predicted octanol–water partition coefficient (Wildman–Crippen LogP) is 1.96. The number of hydrogen-bond acceptors (Lipinski definition) is 6. The number of amides is 1. The van der Waals surface area contributed by atoms with Crippen molar-refractivity contribution in [3.8, 4) is 0 Å². The molecule has 2 aliphatic heterocycles. The normalized spacial score (nSPS) is 23.5. The van der Waals surface area contributed by atoms with Crippen LogP contribution in [0, 0.1) is 5.92 Å². The molecule has 0 unspecified atom stereocenters. The van der Waals surface area contributed by atoms with Crippen molar-refractivity contribution < 1.29 is 36.3 Å². The molecule has 2 fully saturated rings. The van der Waals surface area contributed by atoms with E-state index in [0.29, 0.717) is 39.0 Å². The number of carboxylic acids is 1. The number of nitrogens with zero attached hydrogens (tertiary/aromatic N) is 3. The molecule has 1 aromatic rings. The number of aliphatic carboxylic acids is 1. The molecule has 3 rings (SSSR count). The van der Waals surface area contributed by atoms with Gasteiger partial charge in [0.1, 0.15) is 0 Å². The highest BCUT2D eigenvalue weighted by Gasteiger charge is 2.43. The van der Waals surface area contributed by atoms with Crippen molar-refractivity contribution in [3.05, 3.63) is 30.1 Å². The number of alkyl halides is 3. The Labute approximate surface area is 185 Å². The monoisotopic (exact) mass is 479 g/mol. The van der Waals surface area contributed by atoms with Crippen molar-refractivity contribution in [2.75, 3.05) is 25.4 Å². The maximum Gasteiger partial charge on any atom is 0.490 e. The van der Waals surface area contributed by atoms with Gasteiger partial charge < -0.3 is 10.0 Å². The molecule has 180 valence electrons. The number of halogens is 3. The van der Waals surface area contributed by atoms with E-state index < -0.39 is 22.0 Å². The largest absolute Gasteiger partial charge is 0.490 e. The third-order valence-electron chi connectivity index (χ3n) is 5.56. The average molecular weight is 480 g/mol. The van der Waals surface area contributed by atoms with Crippen molar-refractivity contribution >= 4 is 21.7 Å². The lowest BCUT2D eigenvalue weighted by Crippen LogP contribution is -2.54. The first-order valence-electron chi connectivity index (χ1n) is 10.3. The summed E-state index contributed by atoms with van der Waals surface area (Å²) in [5.74, 6) is -2.49. The van der Waals surface area contributed by atoms with Gasteiger partial charge >= 0.3 is 12.1 Å². The Morgan fingerprint density at radius 2 is 1.84 bits per heavy atom. The molecule has 0 saturated carbocycles. The summed E-state index contributed by atoms with van der Waals surface area (Å²) in [6.07, 6.45) is -0.255. The Balaban J connectivity index is 0.000000451. The van der Waals surface area contributed by atoms with E-state index in [4.69, 9.17) is 9.90 Å². The summed E-state index contributed by atoms with van der Waals surface area (Å²) in [5.41, 5.74) is 1.10. The van der Waals surface area contributed by atoms with Crippen LogP contribution < -0.4 is 0 Å². The minimum Gasteiger partial charge on any atom is -0.475 e. The van der Waals surface area contributed by atoms with Crippen molar-refractivity contribution in [3.63, 3.8) is 0 Å². The van der Waals surface area contributed by atoms with Gasteiger partial charge in [0.25, 0.3) is 0 Å². The molecular formula is C20H28F3N3O5S. The molecule has 1 N–H and O–H groups in total. The van der Waals surface area contributed by atoms with E-state index in [-0.39, 0.29) is 28.9 Å². The molecule has 0 radical (unpaired) electrons. The molecule has 0 aliphatic carbocycles. The van der Waals surface area contributed by atoms with Gasteiger partial charge in [0.15, 0.2) is 9.84 Å². The van der Waals surface area contributed by atoms with Gasteiger partial charge in [0.2, 0.25) is 5.91 Å². The maximum atomic E-state index is 12.6. The molecule has 1 amide bonds. The average Bonchev–Trinajstić information content (AvgIpc) is 2.94. The Morgan fingerprint density at radius 1 is 1.22 bits per heavy atom. The van der Waals surface area contributed by atoms with Gasteiger partial charge in [-0.25, -0.2) is 13.2 Å². The van der Waals surface area contributed by atoms with Gasteiger partial charge in [0, 0.05) is 50.5 Å². The number of carboxylic acid groups (broad SMARTS) is 1. The highest BCUT2D eigenvalue weighted by molar-refractivity contribution is 7.92. The summed E-state index contributed by atoms with van der Waals surface area (Å²) in [6.45, 7) is 6.23. The van der Waals surface area contributed by atoms with Crippen LogP contribution in [0.5, 0.6) is 0 Å². The van der Waals surface area contributed by atoms with Gasteiger partial charge in [-0.3, -0.25) is 14.7 Å². The molecule has 0 aromatic carbocycles. The molecule has 2 atom stereocenters. The summed E-state index contributed by atoms with van der Waals surface area (Å²) in [7, 11) is -3.10. The first-order valence-corrected chi connectivity index (χ1v) is 12.0. The molecule has 0 spiro atoms. The van der Waals surface area contributed by atoms with E-state index in [1.54, 1.807) is 6.20 Å². The Morgan fingerprint density at radius 3 is 2.38 bits per heavy atom. The van der Waals surface area contributed by atoms with Crippen molar-refractivity contribution in [2.24, 2.45) is 5.92 Å². The summed E-state index contributed by atoms with van der Waals surface area (Å²) >= 11 is 0. The van der Waals surface area contributed by atoms with Crippen LogP contribution in [-0.4, -0.2) is 83.0 Å². The number of carbonyl (C=O) groups excluding carboxylic acids is 1. The lowest BCUT2D eigenvalue weighted by atomic mass is 10.1. The second kappa shape index (κ2) is 10.6. The zero-order valence-electron chi connectivity index (χ0n) is 18.0. The first-order chi connectivity index (χ1) is 14.8. The zero-order valence-corrected chi connectivity index (χ0v) is 18.8. The number of aromatic nitrogens is 1. The second-order valence-corrected chi connectivity index (χ2v) is 10.5. The van der Waals surface area contributed by atoms with Crippen LogP contribution in [0.2, 0.25) is 0 Å². The highest BCUT2D eigenvalue weighted by atomic mass is 32.2. The molecule has 0 bridgehead atoms. The minimum absolute atomic E-state index is 0.0241.